The van der Waals surface area contributed by atoms with Crippen LogP contribution in [0.4, 0.5) is 0 Å². The summed E-state index contributed by atoms with van der Waals surface area (Å²) in [7, 11) is 0.0452. The molecule has 1 unspecified atom stereocenters. The highest BCUT2D eigenvalue weighted by Gasteiger charge is 2.64. The number of fused-ring (bicyclic) bond motifs is 5. The van der Waals surface area contributed by atoms with Gasteiger partial charge < -0.3 is 13.9 Å². The lowest BCUT2D eigenvalue weighted by Gasteiger charge is -2.58. The maximum atomic E-state index is 7.20. The van der Waals surface area contributed by atoms with Gasteiger partial charge >= 0.3 is 0 Å². The van der Waals surface area contributed by atoms with Gasteiger partial charge in [-0.1, -0.05) is 27.7 Å². The average Bonchev–Trinajstić information content (AvgIpc) is 3.34. The van der Waals surface area contributed by atoms with Crippen LogP contribution >= 0.6 is 0 Å². The van der Waals surface area contributed by atoms with Gasteiger partial charge in [0.2, 0.25) is 0 Å². The third-order valence-corrected chi connectivity index (χ3v) is 16.7. The second-order valence-electron chi connectivity index (χ2n) is 14.9. The Morgan fingerprint density at radius 3 is 2.24 bits per heavy atom. The SMILES string of the molecule is COC[C@@]1(O[Si](C)(C)C(C)(C)C)CC[C@H]2[C@H](CC[C@@H]3[C@@H]2CC[C@]2(C)[C@@H](C4(C)CO4)CC[C@@H]32)C1. The van der Waals surface area contributed by atoms with Gasteiger partial charge in [0.25, 0.3) is 0 Å². The number of hydrogen-bond acceptors (Lipinski definition) is 3. The molecular formula is C29H52O3Si. The van der Waals surface area contributed by atoms with Gasteiger partial charge in [-0.25, -0.2) is 0 Å². The number of methoxy groups -OCH3 is 1. The molecule has 9 atom stereocenters. The van der Waals surface area contributed by atoms with E-state index in [-0.39, 0.29) is 16.2 Å². The molecule has 0 aromatic rings. The Labute approximate surface area is 205 Å². The molecule has 0 radical (unpaired) electrons. The van der Waals surface area contributed by atoms with E-state index in [9.17, 15) is 0 Å². The molecule has 190 valence electrons. The smallest absolute Gasteiger partial charge is 0.192 e. The number of epoxide rings is 1. The van der Waals surface area contributed by atoms with Crippen molar-refractivity contribution in [2.45, 2.75) is 122 Å². The van der Waals surface area contributed by atoms with E-state index in [2.05, 4.69) is 47.7 Å². The predicted molar refractivity (Wildman–Crippen MR) is 138 cm³/mol. The summed E-state index contributed by atoms with van der Waals surface area (Å²) in [6.45, 7) is 18.8. The first-order chi connectivity index (χ1) is 15.3. The van der Waals surface area contributed by atoms with Crippen LogP contribution in [0.15, 0.2) is 0 Å². The molecule has 1 heterocycles. The van der Waals surface area contributed by atoms with E-state index in [1.165, 1.54) is 57.8 Å². The van der Waals surface area contributed by atoms with Crippen LogP contribution in [0, 0.1) is 40.9 Å². The monoisotopic (exact) mass is 476 g/mol. The molecule has 0 bridgehead atoms. The molecule has 5 fully saturated rings. The van der Waals surface area contributed by atoms with E-state index in [4.69, 9.17) is 13.9 Å². The molecule has 33 heavy (non-hydrogen) atoms. The van der Waals surface area contributed by atoms with Gasteiger partial charge in [-0.3, -0.25) is 0 Å². The Hall–Kier alpha value is 0.0969. The quantitative estimate of drug-likeness (QED) is 0.305. The fourth-order valence-electron chi connectivity index (χ4n) is 9.48. The first kappa shape index (κ1) is 24.8. The van der Waals surface area contributed by atoms with Crippen molar-refractivity contribution in [2.75, 3.05) is 20.3 Å². The topological polar surface area (TPSA) is 31.0 Å². The molecule has 0 spiro atoms. The fourth-order valence-corrected chi connectivity index (χ4v) is 11.1. The molecule has 5 rings (SSSR count). The summed E-state index contributed by atoms with van der Waals surface area (Å²) in [6.07, 6.45) is 12.4. The summed E-state index contributed by atoms with van der Waals surface area (Å²) >= 11 is 0. The third-order valence-electron chi connectivity index (χ3n) is 12.1. The lowest BCUT2D eigenvalue weighted by Crippen LogP contribution is -2.57. The molecule has 4 heteroatoms. The first-order valence-corrected chi connectivity index (χ1v) is 17.1. The van der Waals surface area contributed by atoms with Gasteiger partial charge in [0.1, 0.15) is 0 Å². The minimum absolute atomic E-state index is 0.0503. The zero-order valence-electron chi connectivity index (χ0n) is 23.0. The molecule has 1 saturated heterocycles. The summed E-state index contributed by atoms with van der Waals surface area (Å²) < 4.78 is 19.0. The van der Waals surface area contributed by atoms with Crippen molar-refractivity contribution < 1.29 is 13.9 Å². The standard InChI is InChI=1S/C29H52O3Si/c1-26(2,3)33(7,8)32-29(19-30-6)16-14-21-20(17-29)9-10-23-22(21)13-15-27(4)24(23)11-12-25(27)28(5)18-31-28/h20-25H,9-19H2,1-8H3/t20-,21+,22-,23-,24+,25+,27+,28?,29-/m1/s1. The summed E-state index contributed by atoms with van der Waals surface area (Å²) in [4.78, 5) is 0. The zero-order valence-corrected chi connectivity index (χ0v) is 24.0. The van der Waals surface area contributed by atoms with Gasteiger partial charge in [0.05, 0.1) is 24.4 Å². The van der Waals surface area contributed by atoms with Crippen molar-refractivity contribution in [1.82, 2.24) is 0 Å². The maximum Gasteiger partial charge on any atom is 0.192 e. The largest absolute Gasteiger partial charge is 0.409 e. The highest BCUT2D eigenvalue weighted by Crippen LogP contribution is 2.68. The van der Waals surface area contributed by atoms with Crippen molar-refractivity contribution in [3.8, 4) is 0 Å². The Balaban J connectivity index is 1.31. The van der Waals surface area contributed by atoms with Gasteiger partial charge in [-0.15, -0.1) is 0 Å². The normalized spacial score (nSPS) is 49.8. The van der Waals surface area contributed by atoms with Crippen molar-refractivity contribution in [2.24, 2.45) is 40.9 Å². The van der Waals surface area contributed by atoms with Gasteiger partial charge in [-0.2, -0.15) is 0 Å². The van der Waals surface area contributed by atoms with Crippen LogP contribution in [0.3, 0.4) is 0 Å². The van der Waals surface area contributed by atoms with Crippen molar-refractivity contribution >= 4 is 8.32 Å². The van der Waals surface area contributed by atoms with E-state index in [0.29, 0.717) is 5.41 Å². The molecule has 0 aromatic carbocycles. The second kappa shape index (κ2) is 8.05. The minimum atomic E-state index is -1.83. The van der Waals surface area contributed by atoms with Crippen molar-refractivity contribution in [3.05, 3.63) is 0 Å². The molecule has 5 aliphatic rings. The summed E-state index contributed by atoms with van der Waals surface area (Å²) in [5, 5.41) is 0.247. The van der Waals surface area contributed by atoms with E-state index >= 15 is 0 Å². The molecular weight excluding hydrogens is 424 g/mol. The zero-order chi connectivity index (χ0) is 23.9. The summed E-state index contributed by atoms with van der Waals surface area (Å²) in [5.74, 6) is 5.43. The van der Waals surface area contributed by atoms with Gasteiger partial charge in [0.15, 0.2) is 8.32 Å². The minimum Gasteiger partial charge on any atom is -0.409 e. The Morgan fingerprint density at radius 1 is 0.909 bits per heavy atom. The van der Waals surface area contributed by atoms with E-state index in [1.807, 2.05) is 7.11 Å². The van der Waals surface area contributed by atoms with Crippen LogP contribution in [-0.4, -0.2) is 39.8 Å². The fraction of sp³-hybridized carbons (Fsp3) is 1.00. The van der Waals surface area contributed by atoms with Crippen LogP contribution in [0.2, 0.25) is 18.1 Å². The van der Waals surface area contributed by atoms with E-state index in [1.54, 1.807) is 0 Å². The van der Waals surface area contributed by atoms with E-state index in [0.717, 1.165) is 48.7 Å². The summed E-state index contributed by atoms with van der Waals surface area (Å²) in [5.41, 5.74) is 0.684. The first-order valence-electron chi connectivity index (χ1n) is 14.2. The summed E-state index contributed by atoms with van der Waals surface area (Å²) in [6, 6.07) is 0. The number of rotatable bonds is 5. The van der Waals surface area contributed by atoms with Crippen LogP contribution in [0.5, 0.6) is 0 Å². The Kier molecular flexibility index (Phi) is 6.04. The van der Waals surface area contributed by atoms with Gasteiger partial charge in [0, 0.05) is 7.11 Å². The van der Waals surface area contributed by atoms with Crippen LogP contribution < -0.4 is 0 Å². The Morgan fingerprint density at radius 2 is 1.61 bits per heavy atom. The number of hydrogen-bond donors (Lipinski definition) is 0. The molecule has 1 aliphatic heterocycles. The van der Waals surface area contributed by atoms with Gasteiger partial charge in [-0.05, 0) is 124 Å². The molecule has 3 nitrogen and oxygen atoms in total. The van der Waals surface area contributed by atoms with Crippen LogP contribution in [0.1, 0.15) is 92.4 Å². The van der Waals surface area contributed by atoms with E-state index < -0.39 is 8.32 Å². The molecule has 0 amide bonds. The highest BCUT2D eigenvalue weighted by atomic mass is 28.4. The maximum absolute atomic E-state index is 7.20. The lowest BCUT2D eigenvalue weighted by atomic mass is 9.48. The lowest BCUT2D eigenvalue weighted by molar-refractivity contribution is -0.120. The Bertz CT molecular complexity index is 740. The van der Waals surface area contributed by atoms with Crippen molar-refractivity contribution in [1.29, 1.82) is 0 Å². The molecule has 4 aliphatic carbocycles. The average molecular weight is 477 g/mol. The highest BCUT2D eigenvalue weighted by molar-refractivity contribution is 6.74. The van der Waals surface area contributed by atoms with Crippen LogP contribution in [-0.2, 0) is 13.9 Å². The number of ether oxygens (including phenoxy) is 2. The predicted octanol–water partition coefficient (Wildman–Crippen LogP) is 7.45. The molecule has 0 aromatic heterocycles. The second-order valence-corrected chi connectivity index (χ2v) is 19.7. The van der Waals surface area contributed by atoms with Crippen molar-refractivity contribution in [3.63, 3.8) is 0 Å². The van der Waals surface area contributed by atoms with Crippen LogP contribution in [0.25, 0.3) is 0 Å². The third kappa shape index (κ3) is 4.01. The molecule has 0 N–H and O–H groups in total. The molecule has 4 saturated carbocycles.